The van der Waals surface area contributed by atoms with E-state index in [1.54, 1.807) is 0 Å². The van der Waals surface area contributed by atoms with Gasteiger partial charge in [0.25, 0.3) is 5.69 Å². The fourth-order valence-electron chi connectivity index (χ4n) is 1.67. The molecule has 3 N–H and O–H groups in total. The van der Waals surface area contributed by atoms with E-state index in [9.17, 15) is 19.7 Å². The van der Waals surface area contributed by atoms with Crippen LogP contribution in [0.2, 0.25) is 0 Å². The van der Waals surface area contributed by atoms with Gasteiger partial charge in [-0.05, 0) is 18.6 Å². The fourth-order valence-corrected chi connectivity index (χ4v) is 1.67. The van der Waals surface area contributed by atoms with Gasteiger partial charge in [-0.1, -0.05) is 0 Å². The number of nitrogens with one attached hydrogen (secondary N) is 3. The van der Waals surface area contributed by atoms with Crippen molar-refractivity contribution in [3.05, 3.63) is 34.4 Å². The molecule has 1 aliphatic rings. The Balaban J connectivity index is 1.95. The van der Waals surface area contributed by atoms with Gasteiger partial charge < -0.3 is 5.32 Å². The molecule has 8 heteroatoms. The van der Waals surface area contributed by atoms with Crippen LogP contribution in [0.1, 0.15) is 12.8 Å². The summed E-state index contributed by atoms with van der Waals surface area (Å²) >= 11 is 0. The van der Waals surface area contributed by atoms with Crippen LogP contribution in [0.5, 0.6) is 0 Å². The largest absolute Gasteiger partial charge is 0.325 e. The molecule has 1 aromatic rings. The zero-order valence-corrected chi connectivity index (χ0v) is 9.88. The van der Waals surface area contributed by atoms with E-state index in [-0.39, 0.29) is 23.9 Å². The molecule has 0 aliphatic carbocycles. The van der Waals surface area contributed by atoms with Crippen LogP contribution in [-0.4, -0.2) is 22.8 Å². The molecule has 1 saturated heterocycles. The second-order valence-electron chi connectivity index (χ2n) is 4.08. The topological polar surface area (TPSA) is 113 Å². The molecule has 1 atom stereocenters. The standard InChI is InChI=1S/C11H12N4O4/c16-10-6-5-9(13-14-10)11(17)12-7-1-3-8(4-2-7)15(18)19/h1-4,9,13H,5-6H2,(H,12,17)(H,14,16). The molecule has 100 valence electrons. The summed E-state index contributed by atoms with van der Waals surface area (Å²) < 4.78 is 0. The highest BCUT2D eigenvalue weighted by molar-refractivity contribution is 5.95. The second kappa shape index (κ2) is 5.44. The van der Waals surface area contributed by atoms with E-state index < -0.39 is 11.0 Å². The van der Waals surface area contributed by atoms with Crippen molar-refractivity contribution in [1.82, 2.24) is 10.9 Å². The predicted molar refractivity (Wildman–Crippen MR) is 66.0 cm³/mol. The van der Waals surface area contributed by atoms with E-state index in [0.29, 0.717) is 12.1 Å². The molecule has 1 heterocycles. The van der Waals surface area contributed by atoms with Crippen LogP contribution in [-0.2, 0) is 9.59 Å². The first-order valence-electron chi connectivity index (χ1n) is 5.66. The first kappa shape index (κ1) is 13.0. The molecule has 0 spiro atoms. The molecular weight excluding hydrogens is 252 g/mol. The van der Waals surface area contributed by atoms with Crippen LogP contribution >= 0.6 is 0 Å². The number of anilines is 1. The third-order valence-electron chi connectivity index (χ3n) is 2.71. The number of carbonyl (C=O) groups excluding carboxylic acids is 2. The number of nitrogens with zero attached hydrogens (tertiary/aromatic N) is 1. The monoisotopic (exact) mass is 264 g/mol. The summed E-state index contributed by atoms with van der Waals surface area (Å²) in [5, 5.41) is 13.1. The van der Waals surface area contributed by atoms with Gasteiger partial charge in [-0.25, -0.2) is 5.43 Å². The van der Waals surface area contributed by atoms with Crippen molar-refractivity contribution in [2.24, 2.45) is 0 Å². The second-order valence-corrected chi connectivity index (χ2v) is 4.08. The molecule has 0 bridgehead atoms. The molecule has 1 unspecified atom stereocenters. The molecule has 8 nitrogen and oxygen atoms in total. The van der Waals surface area contributed by atoms with Gasteiger partial charge in [-0.15, -0.1) is 0 Å². The molecular formula is C11H12N4O4. The summed E-state index contributed by atoms with van der Waals surface area (Å²) in [5.41, 5.74) is 5.41. The van der Waals surface area contributed by atoms with Crippen molar-refractivity contribution < 1.29 is 14.5 Å². The summed E-state index contributed by atoms with van der Waals surface area (Å²) in [4.78, 5) is 32.7. The lowest BCUT2D eigenvalue weighted by Gasteiger charge is -2.22. The van der Waals surface area contributed by atoms with E-state index in [2.05, 4.69) is 16.2 Å². The summed E-state index contributed by atoms with van der Waals surface area (Å²) in [6.07, 6.45) is 0.690. The third kappa shape index (κ3) is 3.26. The average Bonchev–Trinajstić information content (AvgIpc) is 2.40. The van der Waals surface area contributed by atoms with Crippen LogP contribution < -0.4 is 16.2 Å². The SMILES string of the molecule is O=C1CCC(C(=O)Nc2ccc([N+](=O)[O-])cc2)NN1. The average molecular weight is 264 g/mol. The van der Waals surface area contributed by atoms with Gasteiger partial charge in [0.1, 0.15) is 6.04 Å². The van der Waals surface area contributed by atoms with Gasteiger partial charge in [0.15, 0.2) is 0 Å². The van der Waals surface area contributed by atoms with Crippen molar-refractivity contribution in [2.45, 2.75) is 18.9 Å². The molecule has 2 amide bonds. The normalized spacial score (nSPS) is 18.5. The minimum Gasteiger partial charge on any atom is -0.325 e. The van der Waals surface area contributed by atoms with Gasteiger partial charge in [-0.2, -0.15) is 0 Å². The smallest absolute Gasteiger partial charge is 0.269 e. The number of amides is 2. The van der Waals surface area contributed by atoms with Gasteiger partial charge in [0.2, 0.25) is 11.8 Å². The molecule has 0 aromatic heterocycles. The van der Waals surface area contributed by atoms with Gasteiger partial charge in [0.05, 0.1) is 4.92 Å². The van der Waals surface area contributed by atoms with Crippen molar-refractivity contribution >= 4 is 23.2 Å². The Kier molecular flexibility index (Phi) is 3.71. The van der Waals surface area contributed by atoms with Crippen molar-refractivity contribution in [1.29, 1.82) is 0 Å². The fraction of sp³-hybridized carbons (Fsp3) is 0.273. The number of hydrogen-bond donors (Lipinski definition) is 3. The van der Waals surface area contributed by atoms with Crippen molar-refractivity contribution in [2.75, 3.05) is 5.32 Å². The van der Waals surface area contributed by atoms with Gasteiger partial charge >= 0.3 is 0 Å². The van der Waals surface area contributed by atoms with Gasteiger partial charge in [-0.3, -0.25) is 25.1 Å². The van der Waals surface area contributed by atoms with E-state index >= 15 is 0 Å². The maximum absolute atomic E-state index is 11.8. The molecule has 1 aliphatic heterocycles. The third-order valence-corrected chi connectivity index (χ3v) is 2.71. The predicted octanol–water partition coefficient (Wildman–Crippen LogP) is 0.316. The number of nitro groups is 1. The van der Waals surface area contributed by atoms with E-state index in [0.717, 1.165) is 0 Å². The van der Waals surface area contributed by atoms with Crippen LogP contribution in [0.3, 0.4) is 0 Å². The first-order chi connectivity index (χ1) is 9.06. The van der Waals surface area contributed by atoms with Crippen LogP contribution in [0, 0.1) is 10.1 Å². The minimum absolute atomic E-state index is 0.0407. The van der Waals surface area contributed by atoms with Crippen molar-refractivity contribution in [3.63, 3.8) is 0 Å². The Hall–Kier alpha value is -2.48. The zero-order chi connectivity index (χ0) is 13.8. The molecule has 1 aromatic carbocycles. The number of rotatable bonds is 3. The number of benzene rings is 1. The number of non-ortho nitro benzene ring substituents is 1. The molecule has 0 saturated carbocycles. The summed E-state index contributed by atoms with van der Waals surface area (Å²) in [6.45, 7) is 0. The Bertz CT molecular complexity index is 504. The number of hydrogen-bond acceptors (Lipinski definition) is 5. The van der Waals surface area contributed by atoms with Gasteiger partial charge in [0, 0.05) is 24.2 Å². The number of nitro benzene ring substituents is 1. The maximum Gasteiger partial charge on any atom is 0.269 e. The lowest BCUT2D eigenvalue weighted by atomic mass is 10.1. The summed E-state index contributed by atoms with van der Waals surface area (Å²) in [7, 11) is 0. The number of hydrazine groups is 1. The molecule has 2 rings (SSSR count). The highest BCUT2D eigenvalue weighted by Crippen LogP contribution is 2.16. The molecule has 1 fully saturated rings. The van der Waals surface area contributed by atoms with E-state index in [1.165, 1.54) is 24.3 Å². The maximum atomic E-state index is 11.8. The lowest BCUT2D eigenvalue weighted by molar-refractivity contribution is -0.384. The van der Waals surface area contributed by atoms with Crippen LogP contribution in [0.4, 0.5) is 11.4 Å². The van der Waals surface area contributed by atoms with Crippen LogP contribution in [0.25, 0.3) is 0 Å². The Morgan fingerprint density at radius 1 is 1.37 bits per heavy atom. The highest BCUT2D eigenvalue weighted by Gasteiger charge is 2.24. The minimum atomic E-state index is -0.510. The Morgan fingerprint density at radius 2 is 2.05 bits per heavy atom. The van der Waals surface area contributed by atoms with E-state index in [1.807, 2.05) is 0 Å². The Morgan fingerprint density at radius 3 is 2.58 bits per heavy atom. The highest BCUT2D eigenvalue weighted by atomic mass is 16.6. The first-order valence-corrected chi connectivity index (χ1v) is 5.66. The zero-order valence-electron chi connectivity index (χ0n) is 9.88. The Labute approximate surface area is 108 Å². The number of carbonyl (C=O) groups is 2. The lowest BCUT2D eigenvalue weighted by Crippen LogP contribution is -2.54. The summed E-state index contributed by atoms with van der Waals surface area (Å²) in [6, 6.07) is 5.03. The molecule has 19 heavy (non-hydrogen) atoms. The summed E-state index contributed by atoms with van der Waals surface area (Å²) in [5.74, 6) is -0.451. The van der Waals surface area contributed by atoms with E-state index in [4.69, 9.17) is 0 Å². The van der Waals surface area contributed by atoms with Crippen molar-refractivity contribution in [3.8, 4) is 0 Å². The van der Waals surface area contributed by atoms with Crippen LogP contribution in [0.15, 0.2) is 24.3 Å². The quantitative estimate of drug-likeness (QED) is 0.537. The molecule has 0 radical (unpaired) electrons.